The molecule has 5 rings (SSSR count). The molecular weight excluding hydrogens is 535 g/mol. The Morgan fingerprint density at radius 3 is 2.38 bits per heavy atom. The van der Waals surface area contributed by atoms with Crippen molar-refractivity contribution >= 4 is 65.3 Å². The summed E-state index contributed by atoms with van der Waals surface area (Å²) in [6.07, 6.45) is 8.72. The van der Waals surface area contributed by atoms with Gasteiger partial charge in [0.25, 0.3) is 5.91 Å². The highest BCUT2D eigenvalue weighted by Gasteiger charge is 2.28. The van der Waals surface area contributed by atoms with Gasteiger partial charge in [0.15, 0.2) is 17.0 Å². The summed E-state index contributed by atoms with van der Waals surface area (Å²) in [6.45, 7) is 0.925. The number of hydrogen-bond donors (Lipinski definition) is 4. The van der Waals surface area contributed by atoms with Gasteiger partial charge in [0, 0.05) is 36.8 Å². The van der Waals surface area contributed by atoms with Crippen LogP contribution in [0, 0.1) is 0 Å². The number of carbonyl (C=O) groups is 1. The Bertz CT molecular complexity index is 1160. The number of nitrogens with zero attached hydrogens (tertiary/aromatic N) is 4. The third-order valence-electron chi connectivity index (χ3n) is 7.05. The van der Waals surface area contributed by atoms with Crippen LogP contribution >= 0.6 is 36.4 Å². The van der Waals surface area contributed by atoms with E-state index in [0.717, 1.165) is 50.1 Å². The first-order chi connectivity index (χ1) is 17.1. The first-order valence-electron chi connectivity index (χ1n) is 12.6. The van der Waals surface area contributed by atoms with Crippen LogP contribution in [0.5, 0.6) is 0 Å². The molecule has 202 valence electrons. The van der Waals surface area contributed by atoms with Crippen LogP contribution in [0.3, 0.4) is 0 Å². The average Bonchev–Trinajstić information content (AvgIpc) is 3.51. The zero-order valence-corrected chi connectivity index (χ0v) is 23.0. The van der Waals surface area contributed by atoms with Gasteiger partial charge in [0.1, 0.15) is 0 Å². The Labute approximate surface area is 234 Å². The number of aromatic nitrogens is 4. The van der Waals surface area contributed by atoms with E-state index in [4.69, 9.17) is 22.3 Å². The number of nitrogens with two attached hydrogens (primary N) is 1. The molecule has 0 unspecified atom stereocenters. The highest BCUT2D eigenvalue weighted by atomic mass is 35.5. The molecule has 5 N–H and O–H groups in total. The number of imidazole rings is 1. The molecule has 3 aromatic rings. The molecular formula is C25H35Cl3N8O. The molecule has 2 aliphatic carbocycles. The van der Waals surface area contributed by atoms with Crippen LogP contribution in [0.2, 0.25) is 5.28 Å². The summed E-state index contributed by atoms with van der Waals surface area (Å²) in [4.78, 5) is 26.3. The Morgan fingerprint density at radius 1 is 0.973 bits per heavy atom. The highest BCUT2D eigenvalue weighted by molar-refractivity contribution is 6.28. The number of benzene rings is 1. The number of amides is 1. The highest BCUT2D eigenvalue weighted by Crippen LogP contribution is 2.37. The second-order valence-corrected chi connectivity index (χ2v) is 9.90. The third-order valence-corrected chi connectivity index (χ3v) is 7.22. The van der Waals surface area contributed by atoms with Gasteiger partial charge in [-0.15, -0.1) is 24.8 Å². The Hall–Kier alpha value is -2.33. The zero-order valence-electron chi connectivity index (χ0n) is 20.7. The molecule has 0 saturated heterocycles. The van der Waals surface area contributed by atoms with Crippen LogP contribution in [0.1, 0.15) is 67.8 Å². The van der Waals surface area contributed by atoms with Crippen LogP contribution < -0.4 is 21.7 Å². The van der Waals surface area contributed by atoms with E-state index in [1.165, 1.54) is 12.8 Å². The standard InChI is InChI=1S/C25H33ClN8O.2ClH/c26-24-32-21(28-14-15-29-23(35)16-6-2-1-3-7-16)20-22(33-24)34(19-8-4-5-9-19)25(31-20)30-18-12-10-17(27)11-13-18;;/h1-3,6-7,17-19H,4-5,8-15,27H2,(H,29,35)(H,30,31)(H,28,32,33);2*1H. The number of halogens is 3. The number of carbonyl (C=O) groups excluding carboxylic acids is 1. The summed E-state index contributed by atoms with van der Waals surface area (Å²) in [5, 5.41) is 10.1. The number of hydrogen-bond acceptors (Lipinski definition) is 7. The second kappa shape index (κ2) is 13.5. The summed E-state index contributed by atoms with van der Waals surface area (Å²) in [5.74, 6) is 1.31. The van der Waals surface area contributed by atoms with Gasteiger partial charge >= 0.3 is 0 Å². The molecule has 2 fully saturated rings. The van der Waals surface area contributed by atoms with E-state index in [0.29, 0.717) is 48.1 Å². The molecule has 0 atom stereocenters. The normalized spacial score (nSPS) is 19.6. The molecule has 9 nitrogen and oxygen atoms in total. The third kappa shape index (κ3) is 6.96. The SMILES string of the molecule is Cl.Cl.NC1CCC(Nc2nc3c(NCCNC(=O)c4ccccc4)nc(Cl)nc3n2C2CCCC2)CC1. The molecule has 0 bridgehead atoms. The maximum Gasteiger partial charge on any atom is 0.251 e. The molecule has 0 spiro atoms. The number of rotatable bonds is 8. The molecule has 2 saturated carbocycles. The molecule has 2 aliphatic rings. The minimum Gasteiger partial charge on any atom is -0.366 e. The summed E-state index contributed by atoms with van der Waals surface area (Å²) < 4.78 is 2.23. The summed E-state index contributed by atoms with van der Waals surface area (Å²) in [6, 6.07) is 10.2. The summed E-state index contributed by atoms with van der Waals surface area (Å²) in [7, 11) is 0. The van der Waals surface area contributed by atoms with Gasteiger partial charge in [-0.2, -0.15) is 9.97 Å². The topological polar surface area (TPSA) is 123 Å². The van der Waals surface area contributed by atoms with Crippen molar-refractivity contribution in [3.63, 3.8) is 0 Å². The van der Waals surface area contributed by atoms with E-state index in [2.05, 4.69) is 30.5 Å². The Balaban J connectivity index is 0.00000190. The predicted octanol–water partition coefficient (Wildman–Crippen LogP) is 4.96. The summed E-state index contributed by atoms with van der Waals surface area (Å²) in [5.41, 5.74) is 8.20. The molecule has 37 heavy (non-hydrogen) atoms. The quantitative estimate of drug-likeness (QED) is 0.223. The minimum atomic E-state index is -0.109. The first-order valence-corrected chi connectivity index (χ1v) is 13.0. The van der Waals surface area contributed by atoms with Crippen molar-refractivity contribution in [2.45, 2.75) is 69.5 Å². The number of anilines is 2. The predicted molar refractivity (Wildman–Crippen MR) is 153 cm³/mol. The number of fused-ring (bicyclic) bond motifs is 1. The fourth-order valence-corrected chi connectivity index (χ4v) is 5.34. The van der Waals surface area contributed by atoms with Gasteiger partial charge in [-0.05, 0) is 62.3 Å². The van der Waals surface area contributed by atoms with Gasteiger partial charge in [-0.25, -0.2) is 4.98 Å². The molecule has 2 heterocycles. The van der Waals surface area contributed by atoms with E-state index < -0.39 is 0 Å². The molecule has 2 aromatic heterocycles. The lowest BCUT2D eigenvalue weighted by Gasteiger charge is -2.28. The fraction of sp³-hybridized carbons (Fsp3) is 0.520. The lowest BCUT2D eigenvalue weighted by Crippen LogP contribution is -2.33. The van der Waals surface area contributed by atoms with Gasteiger partial charge in [0.05, 0.1) is 0 Å². The van der Waals surface area contributed by atoms with Crippen molar-refractivity contribution in [2.75, 3.05) is 23.7 Å². The lowest BCUT2D eigenvalue weighted by molar-refractivity contribution is 0.0955. The van der Waals surface area contributed by atoms with E-state index >= 15 is 0 Å². The Kier molecular flexibility index (Phi) is 10.6. The lowest BCUT2D eigenvalue weighted by atomic mass is 9.92. The van der Waals surface area contributed by atoms with Crippen LogP contribution in [-0.2, 0) is 0 Å². The van der Waals surface area contributed by atoms with Gasteiger partial charge in [0.2, 0.25) is 11.2 Å². The molecule has 1 aromatic carbocycles. The van der Waals surface area contributed by atoms with Crippen molar-refractivity contribution in [1.82, 2.24) is 24.8 Å². The van der Waals surface area contributed by atoms with E-state index in [9.17, 15) is 4.79 Å². The molecule has 0 radical (unpaired) electrons. The van der Waals surface area contributed by atoms with Crippen LogP contribution in [0.15, 0.2) is 30.3 Å². The summed E-state index contributed by atoms with van der Waals surface area (Å²) >= 11 is 6.36. The maximum atomic E-state index is 12.3. The first kappa shape index (κ1) is 29.2. The van der Waals surface area contributed by atoms with Crippen molar-refractivity contribution < 1.29 is 4.79 Å². The van der Waals surface area contributed by atoms with Gasteiger partial charge < -0.3 is 21.7 Å². The van der Waals surface area contributed by atoms with Gasteiger partial charge in [-0.1, -0.05) is 31.0 Å². The van der Waals surface area contributed by atoms with Crippen LogP contribution in [0.25, 0.3) is 11.2 Å². The minimum absolute atomic E-state index is 0. The average molecular weight is 570 g/mol. The zero-order chi connectivity index (χ0) is 24.2. The molecule has 1 amide bonds. The van der Waals surface area contributed by atoms with Gasteiger partial charge in [-0.3, -0.25) is 9.36 Å². The monoisotopic (exact) mass is 568 g/mol. The van der Waals surface area contributed by atoms with E-state index in [-0.39, 0.29) is 36.0 Å². The van der Waals surface area contributed by atoms with Crippen LogP contribution in [-0.4, -0.2) is 50.6 Å². The van der Waals surface area contributed by atoms with Crippen LogP contribution in [0.4, 0.5) is 11.8 Å². The van der Waals surface area contributed by atoms with Crippen molar-refractivity contribution in [2.24, 2.45) is 5.73 Å². The van der Waals surface area contributed by atoms with Crippen molar-refractivity contribution in [3.05, 3.63) is 41.2 Å². The molecule has 0 aliphatic heterocycles. The number of nitrogens with one attached hydrogen (secondary N) is 3. The maximum absolute atomic E-state index is 12.3. The van der Waals surface area contributed by atoms with Crippen molar-refractivity contribution in [1.29, 1.82) is 0 Å². The second-order valence-electron chi connectivity index (χ2n) is 9.56. The molecule has 12 heteroatoms. The van der Waals surface area contributed by atoms with Crippen molar-refractivity contribution in [3.8, 4) is 0 Å². The van der Waals surface area contributed by atoms with E-state index in [1.807, 2.05) is 18.2 Å². The smallest absolute Gasteiger partial charge is 0.251 e. The largest absolute Gasteiger partial charge is 0.366 e. The van der Waals surface area contributed by atoms with E-state index in [1.54, 1.807) is 12.1 Å². The fourth-order valence-electron chi connectivity index (χ4n) is 5.18. The Morgan fingerprint density at radius 2 is 1.68 bits per heavy atom.